The Morgan fingerprint density at radius 2 is 2.15 bits per heavy atom. The monoisotopic (exact) mass is 243 g/mol. The van der Waals surface area contributed by atoms with E-state index in [1.807, 2.05) is 26.0 Å². The zero-order valence-electron chi connectivity index (χ0n) is 7.84. The number of aromatic hydroxyl groups is 1. The van der Waals surface area contributed by atoms with Crippen molar-refractivity contribution >= 4 is 15.9 Å². The minimum Gasteiger partial charge on any atom is -0.506 e. The summed E-state index contributed by atoms with van der Waals surface area (Å²) in [5.74, 6) is 0.509. The molecule has 1 atom stereocenters. The molecule has 0 aliphatic heterocycles. The first-order valence-electron chi connectivity index (χ1n) is 4.26. The van der Waals surface area contributed by atoms with Gasteiger partial charge in [0.1, 0.15) is 5.75 Å². The molecular weight excluding hydrogens is 230 g/mol. The number of hydrogen-bond acceptors (Lipinski definition) is 2. The van der Waals surface area contributed by atoms with Gasteiger partial charge in [-0.25, -0.2) is 0 Å². The number of hydrogen-bond donors (Lipinski definition) is 2. The molecule has 0 aliphatic rings. The van der Waals surface area contributed by atoms with Crippen molar-refractivity contribution in [1.29, 1.82) is 0 Å². The fourth-order valence-electron chi connectivity index (χ4n) is 1.20. The van der Waals surface area contributed by atoms with Crippen LogP contribution in [0.1, 0.15) is 24.0 Å². The molecule has 13 heavy (non-hydrogen) atoms. The summed E-state index contributed by atoms with van der Waals surface area (Å²) < 4.78 is 0.769. The van der Waals surface area contributed by atoms with Gasteiger partial charge in [-0.3, -0.25) is 0 Å². The molecule has 2 nitrogen and oxygen atoms in total. The summed E-state index contributed by atoms with van der Waals surface area (Å²) in [6.07, 6.45) is 0. The van der Waals surface area contributed by atoms with Gasteiger partial charge in [0.25, 0.3) is 0 Å². The molecule has 3 heteroatoms. The second-order valence-corrected chi connectivity index (χ2v) is 4.06. The van der Waals surface area contributed by atoms with Crippen molar-refractivity contribution in [3.8, 4) is 5.75 Å². The Hall–Kier alpha value is -0.540. The molecule has 0 spiro atoms. The smallest absolute Gasteiger partial charge is 0.133 e. The maximum Gasteiger partial charge on any atom is 0.133 e. The predicted molar refractivity (Wildman–Crippen MR) is 58.0 cm³/mol. The Kier molecular flexibility index (Phi) is 3.33. The topological polar surface area (TPSA) is 46.2 Å². The Balaban J connectivity index is 3.18. The third-order valence-electron chi connectivity index (χ3n) is 2.22. The number of halogens is 1. The predicted octanol–water partition coefficient (Wildman–Crippen LogP) is 2.53. The van der Waals surface area contributed by atoms with Crippen molar-refractivity contribution < 1.29 is 5.11 Å². The maximum atomic E-state index is 9.78. The highest BCUT2D eigenvalue weighted by Gasteiger charge is 2.12. The minimum absolute atomic E-state index is 0.192. The van der Waals surface area contributed by atoms with Gasteiger partial charge in [-0.05, 0) is 46.4 Å². The van der Waals surface area contributed by atoms with E-state index in [4.69, 9.17) is 5.73 Å². The van der Waals surface area contributed by atoms with Crippen LogP contribution < -0.4 is 5.73 Å². The molecule has 0 saturated carbocycles. The highest BCUT2D eigenvalue weighted by atomic mass is 79.9. The average Bonchev–Trinajstić information content (AvgIpc) is 2.13. The SMILES string of the molecule is Cc1ccc(C(C)CN)c(O)c1Br. The Labute approximate surface area is 86.9 Å². The summed E-state index contributed by atoms with van der Waals surface area (Å²) in [6, 6.07) is 3.90. The molecule has 0 aliphatic carbocycles. The summed E-state index contributed by atoms with van der Waals surface area (Å²) in [5, 5.41) is 9.78. The summed E-state index contributed by atoms with van der Waals surface area (Å²) in [5.41, 5.74) is 7.47. The van der Waals surface area contributed by atoms with Crippen LogP contribution in [0.4, 0.5) is 0 Å². The average molecular weight is 244 g/mol. The van der Waals surface area contributed by atoms with E-state index < -0.39 is 0 Å². The Bertz CT molecular complexity index is 312. The highest BCUT2D eigenvalue weighted by Crippen LogP contribution is 2.34. The third-order valence-corrected chi connectivity index (χ3v) is 3.23. The van der Waals surface area contributed by atoms with Crippen molar-refractivity contribution in [2.45, 2.75) is 19.8 Å². The number of aryl methyl sites for hydroxylation is 1. The quantitative estimate of drug-likeness (QED) is 0.839. The number of phenols is 1. The zero-order valence-corrected chi connectivity index (χ0v) is 9.43. The van der Waals surface area contributed by atoms with Crippen LogP contribution in [0.25, 0.3) is 0 Å². The zero-order chi connectivity index (χ0) is 10.0. The van der Waals surface area contributed by atoms with Gasteiger partial charge >= 0.3 is 0 Å². The minimum atomic E-state index is 0.192. The van der Waals surface area contributed by atoms with Gasteiger partial charge in [0.15, 0.2) is 0 Å². The van der Waals surface area contributed by atoms with E-state index in [0.717, 1.165) is 15.6 Å². The van der Waals surface area contributed by atoms with E-state index in [1.54, 1.807) is 0 Å². The van der Waals surface area contributed by atoms with E-state index >= 15 is 0 Å². The molecule has 1 aromatic carbocycles. The van der Waals surface area contributed by atoms with Crippen LogP contribution in [0.5, 0.6) is 5.75 Å². The normalized spacial score (nSPS) is 12.9. The van der Waals surface area contributed by atoms with E-state index in [1.165, 1.54) is 0 Å². The number of rotatable bonds is 2. The van der Waals surface area contributed by atoms with Crippen LogP contribution in [0.15, 0.2) is 16.6 Å². The molecule has 0 fully saturated rings. The van der Waals surface area contributed by atoms with E-state index in [9.17, 15) is 5.11 Å². The lowest BCUT2D eigenvalue weighted by Gasteiger charge is -2.13. The lowest BCUT2D eigenvalue weighted by molar-refractivity contribution is 0.459. The van der Waals surface area contributed by atoms with Crippen LogP contribution in [0.2, 0.25) is 0 Å². The molecule has 1 unspecified atom stereocenters. The lowest BCUT2D eigenvalue weighted by Crippen LogP contribution is -2.09. The first-order chi connectivity index (χ1) is 6.07. The van der Waals surface area contributed by atoms with Gasteiger partial charge in [-0.1, -0.05) is 19.1 Å². The second-order valence-electron chi connectivity index (χ2n) is 3.27. The van der Waals surface area contributed by atoms with Gasteiger partial charge in [-0.2, -0.15) is 0 Å². The Morgan fingerprint density at radius 3 is 2.69 bits per heavy atom. The van der Waals surface area contributed by atoms with Crippen molar-refractivity contribution in [3.63, 3.8) is 0 Å². The highest BCUT2D eigenvalue weighted by molar-refractivity contribution is 9.10. The van der Waals surface area contributed by atoms with Crippen LogP contribution in [0.3, 0.4) is 0 Å². The molecule has 1 aromatic rings. The number of nitrogens with two attached hydrogens (primary N) is 1. The van der Waals surface area contributed by atoms with Gasteiger partial charge in [0.05, 0.1) is 4.47 Å². The summed E-state index contributed by atoms with van der Waals surface area (Å²) >= 11 is 3.34. The van der Waals surface area contributed by atoms with Gasteiger partial charge in [0, 0.05) is 0 Å². The van der Waals surface area contributed by atoms with Gasteiger partial charge in [0.2, 0.25) is 0 Å². The molecule has 72 valence electrons. The van der Waals surface area contributed by atoms with E-state index in [-0.39, 0.29) is 5.92 Å². The molecule has 0 radical (unpaired) electrons. The summed E-state index contributed by atoms with van der Waals surface area (Å²) in [6.45, 7) is 4.49. The van der Waals surface area contributed by atoms with Crippen LogP contribution in [0, 0.1) is 6.92 Å². The van der Waals surface area contributed by atoms with Gasteiger partial charge in [-0.15, -0.1) is 0 Å². The summed E-state index contributed by atoms with van der Waals surface area (Å²) in [7, 11) is 0. The first kappa shape index (κ1) is 10.5. The molecule has 1 rings (SSSR count). The first-order valence-corrected chi connectivity index (χ1v) is 5.05. The standard InChI is InChI=1S/C10H14BrNO/c1-6-3-4-8(7(2)5-12)10(13)9(6)11/h3-4,7,13H,5,12H2,1-2H3. The fraction of sp³-hybridized carbons (Fsp3) is 0.400. The second kappa shape index (κ2) is 4.11. The molecular formula is C10H14BrNO. The van der Waals surface area contributed by atoms with Crippen molar-refractivity contribution in [1.82, 2.24) is 0 Å². The molecule has 0 aromatic heterocycles. The van der Waals surface area contributed by atoms with Crippen LogP contribution in [-0.4, -0.2) is 11.7 Å². The third kappa shape index (κ3) is 2.03. The molecule has 0 bridgehead atoms. The van der Waals surface area contributed by atoms with E-state index in [0.29, 0.717) is 12.3 Å². The molecule has 3 N–H and O–H groups in total. The maximum absolute atomic E-state index is 9.78. The largest absolute Gasteiger partial charge is 0.506 e. The Morgan fingerprint density at radius 1 is 1.54 bits per heavy atom. The van der Waals surface area contributed by atoms with Crippen molar-refractivity contribution in [3.05, 3.63) is 27.7 Å². The van der Waals surface area contributed by atoms with Crippen molar-refractivity contribution in [2.24, 2.45) is 5.73 Å². The van der Waals surface area contributed by atoms with E-state index in [2.05, 4.69) is 15.9 Å². The van der Waals surface area contributed by atoms with Crippen LogP contribution >= 0.6 is 15.9 Å². The number of phenolic OH excluding ortho intramolecular Hbond substituents is 1. The summed E-state index contributed by atoms with van der Waals surface area (Å²) in [4.78, 5) is 0. The van der Waals surface area contributed by atoms with Crippen molar-refractivity contribution in [2.75, 3.05) is 6.54 Å². The number of benzene rings is 1. The van der Waals surface area contributed by atoms with Crippen LogP contribution in [-0.2, 0) is 0 Å². The molecule has 0 amide bonds. The molecule has 0 saturated heterocycles. The fourth-order valence-corrected chi connectivity index (χ4v) is 1.57. The molecule has 0 heterocycles. The van der Waals surface area contributed by atoms with Gasteiger partial charge < -0.3 is 10.8 Å². The lowest BCUT2D eigenvalue weighted by atomic mass is 9.99.